The topological polar surface area (TPSA) is 21.3 Å². The summed E-state index contributed by atoms with van der Waals surface area (Å²) in [5, 5.41) is 3.41. The van der Waals surface area contributed by atoms with Gasteiger partial charge in [0.2, 0.25) is 0 Å². The molecule has 2 bridgehead atoms. The van der Waals surface area contributed by atoms with Crippen LogP contribution in [0, 0.1) is 5.92 Å². The smallest absolute Gasteiger partial charge is 0.118 e. The van der Waals surface area contributed by atoms with E-state index >= 15 is 0 Å². The van der Waals surface area contributed by atoms with Gasteiger partial charge in [0.1, 0.15) is 5.75 Å². The Bertz CT molecular complexity index is 678. The fourth-order valence-electron chi connectivity index (χ4n) is 4.90. The zero-order chi connectivity index (χ0) is 15.8. The van der Waals surface area contributed by atoms with E-state index in [4.69, 9.17) is 4.74 Å². The quantitative estimate of drug-likeness (QED) is 0.910. The lowest BCUT2D eigenvalue weighted by Gasteiger charge is -2.49. The van der Waals surface area contributed by atoms with E-state index in [0.29, 0.717) is 17.8 Å². The van der Waals surface area contributed by atoms with Crippen LogP contribution in [0.25, 0.3) is 0 Å². The lowest BCUT2D eigenvalue weighted by molar-refractivity contribution is 0.217. The minimum Gasteiger partial charge on any atom is -0.497 e. The van der Waals surface area contributed by atoms with Gasteiger partial charge in [-0.1, -0.05) is 36.4 Å². The van der Waals surface area contributed by atoms with Crippen LogP contribution < -0.4 is 10.1 Å². The highest BCUT2D eigenvalue weighted by atomic mass is 16.5. The highest BCUT2D eigenvalue weighted by Crippen LogP contribution is 2.58. The first kappa shape index (κ1) is 14.8. The Morgan fingerprint density at radius 1 is 0.913 bits per heavy atom. The summed E-state index contributed by atoms with van der Waals surface area (Å²) in [6.45, 7) is 1.13. The number of benzene rings is 2. The Kier molecular flexibility index (Phi) is 3.86. The van der Waals surface area contributed by atoms with Crippen LogP contribution in [-0.2, 0) is 0 Å². The molecular weight excluding hydrogens is 282 g/mol. The Morgan fingerprint density at radius 3 is 2.26 bits per heavy atom. The number of fused-ring (bicyclic) bond motifs is 2. The first-order chi connectivity index (χ1) is 11.3. The van der Waals surface area contributed by atoms with Crippen LogP contribution in [-0.4, -0.2) is 20.7 Å². The summed E-state index contributed by atoms with van der Waals surface area (Å²) >= 11 is 0. The second-order valence-corrected chi connectivity index (χ2v) is 7.01. The van der Waals surface area contributed by atoms with Gasteiger partial charge in [0.15, 0.2) is 0 Å². The Labute approximate surface area is 138 Å². The summed E-state index contributed by atoms with van der Waals surface area (Å²) in [5.74, 6) is 3.71. The standard InChI is InChI=1S/C21H25NO/c1-22-13-15-11-21-18-6-4-3-5-17(18)20(15)12-19(21)14-7-9-16(23-2)10-8-14/h3-10,15,19-22H,11-13H2,1-2H3. The van der Waals surface area contributed by atoms with Crippen LogP contribution in [0.5, 0.6) is 5.75 Å². The molecule has 1 saturated carbocycles. The van der Waals surface area contributed by atoms with Gasteiger partial charge < -0.3 is 10.1 Å². The maximum atomic E-state index is 5.32. The molecule has 5 rings (SSSR count). The van der Waals surface area contributed by atoms with Crippen LogP contribution in [0.4, 0.5) is 0 Å². The molecule has 0 saturated heterocycles. The minimum atomic E-state index is 0.647. The molecule has 0 heterocycles. The van der Waals surface area contributed by atoms with Gasteiger partial charge in [0, 0.05) is 0 Å². The summed E-state index contributed by atoms with van der Waals surface area (Å²) in [6, 6.07) is 17.9. The molecule has 4 unspecified atom stereocenters. The molecule has 0 amide bonds. The molecule has 2 nitrogen and oxygen atoms in total. The molecule has 0 radical (unpaired) electrons. The third-order valence-corrected chi connectivity index (χ3v) is 5.92. The number of hydrogen-bond acceptors (Lipinski definition) is 2. The van der Waals surface area contributed by atoms with Gasteiger partial charge in [0.05, 0.1) is 7.11 Å². The van der Waals surface area contributed by atoms with E-state index in [2.05, 4.69) is 60.9 Å². The van der Waals surface area contributed by atoms with Crippen molar-refractivity contribution in [3.63, 3.8) is 0 Å². The van der Waals surface area contributed by atoms with Crippen molar-refractivity contribution in [1.82, 2.24) is 5.32 Å². The van der Waals surface area contributed by atoms with Crippen LogP contribution in [0.1, 0.15) is 47.3 Å². The van der Waals surface area contributed by atoms with Gasteiger partial charge in [-0.25, -0.2) is 0 Å². The second kappa shape index (κ2) is 6.01. The Hall–Kier alpha value is -1.80. The Balaban J connectivity index is 1.70. The monoisotopic (exact) mass is 307 g/mol. The summed E-state index contributed by atoms with van der Waals surface area (Å²) < 4.78 is 5.32. The highest BCUT2D eigenvalue weighted by Gasteiger charge is 2.44. The van der Waals surface area contributed by atoms with Gasteiger partial charge in [-0.2, -0.15) is 0 Å². The maximum Gasteiger partial charge on any atom is 0.118 e. The van der Waals surface area contributed by atoms with E-state index in [1.807, 2.05) is 0 Å². The molecule has 120 valence electrons. The van der Waals surface area contributed by atoms with Gasteiger partial charge in [-0.05, 0) is 78.9 Å². The predicted octanol–water partition coefficient (Wildman–Crippen LogP) is 4.29. The summed E-state index contributed by atoms with van der Waals surface area (Å²) in [6.07, 6.45) is 2.58. The number of hydrogen-bond donors (Lipinski definition) is 1. The van der Waals surface area contributed by atoms with Crippen LogP contribution in [0.2, 0.25) is 0 Å². The summed E-state index contributed by atoms with van der Waals surface area (Å²) in [5.41, 5.74) is 4.67. The fourth-order valence-corrected chi connectivity index (χ4v) is 4.90. The number of ether oxygens (including phenoxy) is 1. The molecule has 3 aliphatic carbocycles. The van der Waals surface area contributed by atoms with E-state index in [9.17, 15) is 0 Å². The minimum absolute atomic E-state index is 0.647. The van der Waals surface area contributed by atoms with Crippen molar-refractivity contribution >= 4 is 0 Å². The van der Waals surface area contributed by atoms with E-state index in [-0.39, 0.29) is 0 Å². The Morgan fingerprint density at radius 2 is 1.61 bits per heavy atom. The van der Waals surface area contributed by atoms with Crippen LogP contribution >= 0.6 is 0 Å². The van der Waals surface area contributed by atoms with Gasteiger partial charge >= 0.3 is 0 Å². The van der Waals surface area contributed by atoms with Crippen molar-refractivity contribution in [3.8, 4) is 5.75 Å². The molecule has 2 aromatic carbocycles. The zero-order valence-corrected chi connectivity index (χ0v) is 14.0. The second-order valence-electron chi connectivity index (χ2n) is 7.01. The number of rotatable bonds is 4. The van der Waals surface area contributed by atoms with E-state index < -0.39 is 0 Å². The fraction of sp³-hybridized carbons (Fsp3) is 0.429. The summed E-state index contributed by atoms with van der Waals surface area (Å²) in [4.78, 5) is 0. The molecule has 3 aliphatic rings. The molecule has 1 fully saturated rings. The van der Waals surface area contributed by atoms with Gasteiger partial charge in [-0.3, -0.25) is 0 Å². The average Bonchev–Trinajstić information content (AvgIpc) is 2.62. The zero-order valence-electron chi connectivity index (χ0n) is 14.0. The predicted molar refractivity (Wildman–Crippen MR) is 94.3 cm³/mol. The molecule has 2 heteroatoms. The van der Waals surface area contributed by atoms with E-state index in [0.717, 1.165) is 18.2 Å². The lowest BCUT2D eigenvalue weighted by Crippen LogP contribution is -2.38. The first-order valence-corrected chi connectivity index (χ1v) is 8.69. The average molecular weight is 307 g/mol. The van der Waals surface area contributed by atoms with Gasteiger partial charge in [0.25, 0.3) is 0 Å². The van der Waals surface area contributed by atoms with Crippen LogP contribution in [0.3, 0.4) is 0 Å². The molecular formula is C21H25NO. The molecule has 4 atom stereocenters. The first-order valence-electron chi connectivity index (χ1n) is 8.69. The molecule has 0 spiro atoms. The third kappa shape index (κ3) is 2.46. The molecule has 1 N–H and O–H groups in total. The van der Waals surface area contributed by atoms with Crippen molar-refractivity contribution in [1.29, 1.82) is 0 Å². The van der Waals surface area contributed by atoms with Crippen molar-refractivity contribution < 1.29 is 4.74 Å². The van der Waals surface area contributed by atoms with Crippen molar-refractivity contribution in [2.45, 2.75) is 30.6 Å². The normalized spacial score (nSPS) is 28.4. The van der Waals surface area contributed by atoms with Crippen molar-refractivity contribution in [2.24, 2.45) is 5.92 Å². The highest BCUT2D eigenvalue weighted by molar-refractivity contribution is 5.44. The van der Waals surface area contributed by atoms with Crippen molar-refractivity contribution in [2.75, 3.05) is 20.7 Å². The maximum absolute atomic E-state index is 5.32. The number of nitrogens with one attached hydrogen (secondary N) is 1. The van der Waals surface area contributed by atoms with Crippen LogP contribution in [0.15, 0.2) is 48.5 Å². The van der Waals surface area contributed by atoms with Gasteiger partial charge in [-0.15, -0.1) is 0 Å². The van der Waals surface area contributed by atoms with E-state index in [1.165, 1.54) is 18.4 Å². The molecule has 0 aliphatic heterocycles. The SMILES string of the molecule is CNCC1CC2c3ccccc3C1CC2c1ccc(OC)cc1. The molecule has 23 heavy (non-hydrogen) atoms. The summed E-state index contributed by atoms with van der Waals surface area (Å²) in [7, 11) is 3.81. The number of methoxy groups -OCH3 is 1. The third-order valence-electron chi connectivity index (χ3n) is 5.92. The largest absolute Gasteiger partial charge is 0.497 e. The van der Waals surface area contributed by atoms with Crippen molar-refractivity contribution in [3.05, 3.63) is 65.2 Å². The van der Waals surface area contributed by atoms with E-state index in [1.54, 1.807) is 18.2 Å². The molecule has 2 aromatic rings. The lowest BCUT2D eigenvalue weighted by atomic mass is 9.56. The molecule has 0 aromatic heterocycles.